The molecule has 1 saturated heterocycles. The number of amides is 4. The zero-order valence-corrected chi connectivity index (χ0v) is 20.4. The topological polar surface area (TPSA) is 96.0 Å². The number of benzene rings is 3. The molecule has 1 fully saturated rings. The quantitative estimate of drug-likeness (QED) is 0.365. The summed E-state index contributed by atoms with van der Waals surface area (Å²) >= 11 is 0. The highest BCUT2D eigenvalue weighted by Crippen LogP contribution is 2.28. The number of ether oxygens (including phenoxy) is 1. The number of carbonyl (C=O) groups is 4. The summed E-state index contributed by atoms with van der Waals surface area (Å²) in [7, 11) is 1.27. The first-order valence-corrected chi connectivity index (χ1v) is 11.7. The molecule has 1 aliphatic rings. The Kier molecular flexibility index (Phi) is 7.62. The van der Waals surface area contributed by atoms with Gasteiger partial charge in [0.1, 0.15) is 11.9 Å². The van der Waals surface area contributed by atoms with Crippen LogP contribution in [0.2, 0.25) is 0 Å². The van der Waals surface area contributed by atoms with Gasteiger partial charge < -0.3 is 15.0 Å². The predicted molar refractivity (Wildman–Crippen MR) is 136 cm³/mol. The van der Waals surface area contributed by atoms with E-state index in [0.717, 1.165) is 10.5 Å². The monoisotopic (exact) mass is 503 g/mol. The maximum absolute atomic E-state index is 14.2. The van der Waals surface area contributed by atoms with Crippen LogP contribution in [0.15, 0.2) is 72.8 Å². The molecule has 1 atom stereocenters. The number of nitrogens with one attached hydrogen (secondary N) is 1. The minimum atomic E-state index is -1.06. The number of nitrogens with zero attached hydrogens (tertiary/aromatic N) is 2. The Bertz CT molecular complexity index is 1320. The van der Waals surface area contributed by atoms with Gasteiger partial charge in [0.05, 0.1) is 24.8 Å². The smallest absolute Gasteiger partial charge is 0.337 e. The molecule has 0 unspecified atom stereocenters. The van der Waals surface area contributed by atoms with E-state index in [-0.39, 0.29) is 19.4 Å². The number of anilines is 2. The summed E-state index contributed by atoms with van der Waals surface area (Å²) in [5, 5.41) is 2.69. The molecule has 0 spiro atoms. The molecule has 0 saturated carbocycles. The average Bonchev–Trinajstić information content (AvgIpc) is 3.12. The molecule has 0 bridgehead atoms. The summed E-state index contributed by atoms with van der Waals surface area (Å²) in [6, 6.07) is 17.6. The molecule has 190 valence electrons. The fourth-order valence-electron chi connectivity index (χ4n) is 4.16. The highest BCUT2D eigenvalue weighted by molar-refractivity contribution is 6.22. The van der Waals surface area contributed by atoms with Gasteiger partial charge in [-0.05, 0) is 61.4 Å². The lowest BCUT2D eigenvalue weighted by Crippen LogP contribution is -2.39. The van der Waals surface area contributed by atoms with Crippen molar-refractivity contribution < 1.29 is 28.3 Å². The van der Waals surface area contributed by atoms with Crippen LogP contribution in [-0.2, 0) is 20.7 Å². The number of hydrogen-bond donors (Lipinski definition) is 1. The third-order valence-corrected chi connectivity index (χ3v) is 6.16. The lowest BCUT2D eigenvalue weighted by Gasteiger charge is -2.21. The molecular formula is C28H26FN3O5. The van der Waals surface area contributed by atoms with E-state index in [9.17, 15) is 23.6 Å². The highest BCUT2D eigenvalue weighted by Gasteiger charge is 2.46. The molecule has 4 amide bonds. The van der Waals surface area contributed by atoms with E-state index in [1.807, 2.05) is 6.92 Å². The molecule has 1 aliphatic heterocycles. The third kappa shape index (κ3) is 5.66. The molecule has 1 heterocycles. The SMILES string of the molecule is COC(=O)c1ccc(NC(=O)C[C@H]2C(=O)N(c3ccc(C)cc3)C(=O)N2CCc2ccccc2F)cc1. The van der Waals surface area contributed by atoms with Crippen LogP contribution in [-0.4, -0.2) is 48.4 Å². The van der Waals surface area contributed by atoms with Crippen molar-refractivity contribution in [1.82, 2.24) is 4.90 Å². The van der Waals surface area contributed by atoms with Gasteiger partial charge in [0.2, 0.25) is 5.91 Å². The lowest BCUT2D eigenvalue weighted by molar-refractivity contribution is -0.124. The van der Waals surface area contributed by atoms with Crippen molar-refractivity contribution in [2.45, 2.75) is 25.8 Å². The fourth-order valence-corrected chi connectivity index (χ4v) is 4.16. The second kappa shape index (κ2) is 11.0. The van der Waals surface area contributed by atoms with Gasteiger partial charge in [0.25, 0.3) is 5.91 Å². The standard InChI is InChI=1S/C28H26FN3O5/c1-18-7-13-22(14-8-18)32-26(34)24(31(28(32)36)16-15-19-5-3-4-6-23(19)29)17-25(33)30-21-11-9-20(10-12-21)27(35)37-2/h3-14,24H,15-17H2,1-2H3,(H,30,33)/t24-/m0/s1. The van der Waals surface area contributed by atoms with Gasteiger partial charge in [-0.25, -0.2) is 18.9 Å². The van der Waals surface area contributed by atoms with Gasteiger partial charge >= 0.3 is 12.0 Å². The van der Waals surface area contributed by atoms with E-state index in [4.69, 9.17) is 0 Å². The molecular weight excluding hydrogens is 477 g/mol. The molecule has 0 radical (unpaired) electrons. The zero-order valence-electron chi connectivity index (χ0n) is 20.4. The Morgan fingerprint density at radius 2 is 1.65 bits per heavy atom. The number of carbonyl (C=O) groups excluding carboxylic acids is 4. The van der Waals surface area contributed by atoms with Crippen molar-refractivity contribution in [3.05, 3.63) is 95.3 Å². The number of rotatable bonds is 8. The minimum Gasteiger partial charge on any atom is -0.465 e. The summed E-state index contributed by atoms with van der Waals surface area (Å²) in [4.78, 5) is 53.6. The molecule has 1 N–H and O–H groups in total. The highest BCUT2D eigenvalue weighted by atomic mass is 19.1. The Labute approximate surface area is 213 Å². The summed E-state index contributed by atoms with van der Waals surface area (Å²) in [6.45, 7) is 1.95. The molecule has 37 heavy (non-hydrogen) atoms. The Morgan fingerprint density at radius 3 is 2.30 bits per heavy atom. The lowest BCUT2D eigenvalue weighted by atomic mass is 10.1. The molecule has 9 heteroatoms. The molecule has 0 aromatic heterocycles. The molecule has 3 aromatic carbocycles. The first kappa shape index (κ1) is 25.6. The second-order valence-corrected chi connectivity index (χ2v) is 8.66. The Hall–Kier alpha value is -4.53. The minimum absolute atomic E-state index is 0.0552. The summed E-state index contributed by atoms with van der Waals surface area (Å²) in [5.74, 6) is -1.92. The third-order valence-electron chi connectivity index (χ3n) is 6.16. The van der Waals surface area contributed by atoms with Gasteiger partial charge in [0, 0.05) is 12.2 Å². The van der Waals surface area contributed by atoms with Crippen molar-refractivity contribution in [2.24, 2.45) is 0 Å². The first-order chi connectivity index (χ1) is 17.8. The Morgan fingerprint density at radius 1 is 0.973 bits per heavy atom. The van der Waals surface area contributed by atoms with E-state index < -0.39 is 35.7 Å². The van der Waals surface area contributed by atoms with E-state index in [1.165, 1.54) is 30.2 Å². The number of esters is 1. The Balaban J connectivity index is 1.53. The predicted octanol–water partition coefficient (Wildman–Crippen LogP) is 4.33. The van der Waals surface area contributed by atoms with Crippen LogP contribution in [0.3, 0.4) is 0 Å². The molecule has 4 rings (SSSR count). The van der Waals surface area contributed by atoms with Crippen LogP contribution < -0.4 is 10.2 Å². The van der Waals surface area contributed by atoms with Crippen LogP contribution in [0.5, 0.6) is 0 Å². The van der Waals surface area contributed by atoms with E-state index in [0.29, 0.717) is 22.5 Å². The van der Waals surface area contributed by atoms with Crippen LogP contribution in [0, 0.1) is 12.7 Å². The first-order valence-electron chi connectivity index (χ1n) is 11.7. The van der Waals surface area contributed by atoms with Gasteiger partial charge in [-0.15, -0.1) is 0 Å². The normalized spacial score (nSPS) is 15.2. The van der Waals surface area contributed by atoms with Crippen molar-refractivity contribution >= 4 is 35.2 Å². The maximum Gasteiger partial charge on any atom is 0.337 e. The van der Waals surface area contributed by atoms with E-state index in [1.54, 1.807) is 54.6 Å². The number of imide groups is 1. The number of halogens is 1. The maximum atomic E-state index is 14.2. The average molecular weight is 504 g/mol. The number of urea groups is 1. The van der Waals surface area contributed by atoms with Crippen LogP contribution in [0.4, 0.5) is 20.6 Å². The number of methoxy groups -OCH3 is 1. The van der Waals surface area contributed by atoms with Crippen molar-refractivity contribution in [3.8, 4) is 0 Å². The summed E-state index contributed by atoms with van der Waals surface area (Å²) in [5.41, 5.74) is 2.52. The van der Waals surface area contributed by atoms with Crippen molar-refractivity contribution in [3.63, 3.8) is 0 Å². The molecule has 3 aromatic rings. The zero-order chi connectivity index (χ0) is 26.5. The number of hydrogen-bond acceptors (Lipinski definition) is 5. The van der Waals surface area contributed by atoms with Gasteiger partial charge in [-0.2, -0.15) is 0 Å². The van der Waals surface area contributed by atoms with E-state index in [2.05, 4.69) is 10.1 Å². The van der Waals surface area contributed by atoms with Gasteiger partial charge in [-0.1, -0.05) is 35.9 Å². The van der Waals surface area contributed by atoms with Crippen molar-refractivity contribution in [1.29, 1.82) is 0 Å². The van der Waals surface area contributed by atoms with Crippen LogP contribution in [0.25, 0.3) is 0 Å². The van der Waals surface area contributed by atoms with Gasteiger partial charge in [0.15, 0.2) is 0 Å². The summed E-state index contributed by atoms with van der Waals surface area (Å²) < 4.78 is 18.9. The van der Waals surface area contributed by atoms with Crippen LogP contribution in [0.1, 0.15) is 27.9 Å². The van der Waals surface area contributed by atoms with Gasteiger partial charge in [-0.3, -0.25) is 9.59 Å². The number of aryl methyl sites for hydroxylation is 1. The fraction of sp³-hybridized carbons (Fsp3) is 0.214. The molecule has 0 aliphatic carbocycles. The van der Waals surface area contributed by atoms with E-state index >= 15 is 0 Å². The molecule has 8 nitrogen and oxygen atoms in total. The summed E-state index contributed by atoms with van der Waals surface area (Å²) in [6.07, 6.45) is -0.108. The van der Waals surface area contributed by atoms with Crippen LogP contribution >= 0.6 is 0 Å². The largest absolute Gasteiger partial charge is 0.465 e. The second-order valence-electron chi connectivity index (χ2n) is 8.66. The van der Waals surface area contributed by atoms with Crippen molar-refractivity contribution in [2.75, 3.05) is 23.9 Å².